The zero-order chi connectivity index (χ0) is 14.2. The molecule has 1 aromatic rings. The molecule has 106 valence electrons. The lowest BCUT2D eigenvalue weighted by atomic mass is 9.79. The standard InChI is InChI=1S/C16H18O4/c17-14(18)12-6-4-11(5-7-12)13-10-16(20-15(13)19)8-2-1-3-9-16/h4-7,13H,1-3,8-10H2,(H,17,18). The normalized spacial score (nSPS) is 24.6. The fourth-order valence-corrected chi connectivity index (χ4v) is 3.40. The zero-order valence-corrected chi connectivity index (χ0v) is 11.3. The summed E-state index contributed by atoms with van der Waals surface area (Å²) in [7, 11) is 0. The summed E-state index contributed by atoms with van der Waals surface area (Å²) in [4.78, 5) is 23.0. The summed E-state index contributed by atoms with van der Waals surface area (Å²) in [6, 6.07) is 6.57. The van der Waals surface area contributed by atoms with Gasteiger partial charge in [-0.3, -0.25) is 4.79 Å². The van der Waals surface area contributed by atoms with E-state index in [2.05, 4.69) is 0 Å². The van der Waals surface area contributed by atoms with Crippen LogP contribution in [0.2, 0.25) is 0 Å². The minimum Gasteiger partial charge on any atom is -0.478 e. The average Bonchev–Trinajstić information content (AvgIpc) is 2.76. The van der Waals surface area contributed by atoms with E-state index in [0.717, 1.165) is 37.7 Å². The number of rotatable bonds is 2. The van der Waals surface area contributed by atoms with E-state index in [1.807, 2.05) is 0 Å². The number of hydrogen-bond donors (Lipinski definition) is 1. The maximum absolute atomic E-state index is 12.1. The highest BCUT2D eigenvalue weighted by Crippen LogP contribution is 2.45. The fourth-order valence-electron chi connectivity index (χ4n) is 3.40. The van der Waals surface area contributed by atoms with E-state index >= 15 is 0 Å². The highest BCUT2D eigenvalue weighted by molar-refractivity contribution is 5.88. The smallest absolute Gasteiger partial charge is 0.335 e. The number of hydrogen-bond acceptors (Lipinski definition) is 3. The maximum Gasteiger partial charge on any atom is 0.335 e. The predicted octanol–water partition coefficient (Wildman–Crippen LogP) is 3.12. The molecule has 4 heteroatoms. The Morgan fingerprint density at radius 2 is 1.80 bits per heavy atom. The summed E-state index contributed by atoms with van der Waals surface area (Å²) in [5, 5.41) is 8.90. The molecule has 1 aliphatic heterocycles. The van der Waals surface area contributed by atoms with Gasteiger partial charge in [0.2, 0.25) is 0 Å². The molecule has 20 heavy (non-hydrogen) atoms. The van der Waals surface area contributed by atoms with Gasteiger partial charge < -0.3 is 9.84 Å². The van der Waals surface area contributed by atoms with Gasteiger partial charge in [0, 0.05) is 6.42 Å². The Bertz CT molecular complexity index is 526. The first kappa shape index (κ1) is 13.2. The van der Waals surface area contributed by atoms with E-state index < -0.39 is 5.97 Å². The molecule has 1 aromatic carbocycles. The lowest BCUT2D eigenvalue weighted by Gasteiger charge is -2.31. The lowest BCUT2D eigenvalue weighted by Crippen LogP contribution is -2.30. The summed E-state index contributed by atoms with van der Waals surface area (Å²) in [6.07, 6.45) is 6.12. The summed E-state index contributed by atoms with van der Waals surface area (Å²) in [5.41, 5.74) is 0.848. The summed E-state index contributed by atoms with van der Waals surface area (Å²) >= 11 is 0. The first-order chi connectivity index (χ1) is 9.60. The number of carbonyl (C=O) groups excluding carboxylic acids is 1. The molecule has 0 bridgehead atoms. The van der Waals surface area contributed by atoms with Crippen LogP contribution in [-0.4, -0.2) is 22.6 Å². The van der Waals surface area contributed by atoms with Gasteiger partial charge in [-0.2, -0.15) is 0 Å². The summed E-state index contributed by atoms with van der Waals surface area (Å²) in [6.45, 7) is 0. The SMILES string of the molecule is O=C(O)c1ccc(C2CC3(CCCCC3)OC2=O)cc1. The van der Waals surface area contributed by atoms with Crippen LogP contribution in [0.1, 0.15) is 60.4 Å². The first-order valence-electron chi connectivity index (χ1n) is 7.16. The van der Waals surface area contributed by atoms with Crippen molar-refractivity contribution in [2.24, 2.45) is 0 Å². The van der Waals surface area contributed by atoms with E-state index in [9.17, 15) is 9.59 Å². The molecule has 1 heterocycles. The molecule has 0 amide bonds. The van der Waals surface area contributed by atoms with Crippen molar-refractivity contribution in [2.75, 3.05) is 0 Å². The number of esters is 1. The Kier molecular flexibility index (Phi) is 3.24. The highest BCUT2D eigenvalue weighted by atomic mass is 16.6. The van der Waals surface area contributed by atoms with E-state index in [-0.39, 0.29) is 23.1 Å². The van der Waals surface area contributed by atoms with E-state index in [1.165, 1.54) is 6.42 Å². The van der Waals surface area contributed by atoms with E-state index in [1.54, 1.807) is 24.3 Å². The monoisotopic (exact) mass is 274 g/mol. The van der Waals surface area contributed by atoms with Crippen LogP contribution in [0.5, 0.6) is 0 Å². The molecule has 1 N–H and O–H groups in total. The van der Waals surface area contributed by atoms with E-state index in [4.69, 9.17) is 9.84 Å². The lowest BCUT2D eigenvalue weighted by molar-refractivity contribution is -0.151. The third-order valence-corrected chi connectivity index (χ3v) is 4.50. The predicted molar refractivity (Wildman–Crippen MR) is 72.7 cm³/mol. The molecular formula is C16H18O4. The molecule has 1 atom stereocenters. The molecule has 1 saturated heterocycles. The Morgan fingerprint density at radius 1 is 1.15 bits per heavy atom. The van der Waals surface area contributed by atoms with Gasteiger partial charge in [-0.1, -0.05) is 18.6 Å². The molecule has 2 aliphatic rings. The molecule has 1 spiro atoms. The third kappa shape index (κ3) is 2.30. The van der Waals surface area contributed by atoms with Gasteiger partial charge in [-0.25, -0.2) is 4.79 Å². The summed E-state index contributed by atoms with van der Waals surface area (Å²) in [5.74, 6) is -1.35. The van der Waals surface area contributed by atoms with Crippen molar-refractivity contribution in [3.05, 3.63) is 35.4 Å². The van der Waals surface area contributed by atoms with Crippen molar-refractivity contribution >= 4 is 11.9 Å². The van der Waals surface area contributed by atoms with Crippen molar-refractivity contribution < 1.29 is 19.4 Å². The van der Waals surface area contributed by atoms with Crippen molar-refractivity contribution in [2.45, 2.75) is 50.0 Å². The Labute approximate surface area is 117 Å². The number of aromatic carboxylic acids is 1. The second kappa shape index (κ2) is 4.93. The molecule has 1 unspecified atom stereocenters. The molecular weight excluding hydrogens is 256 g/mol. The zero-order valence-electron chi connectivity index (χ0n) is 11.3. The van der Waals surface area contributed by atoms with Crippen LogP contribution < -0.4 is 0 Å². The van der Waals surface area contributed by atoms with Crippen molar-refractivity contribution in [1.29, 1.82) is 0 Å². The van der Waals surface area contributed by atoms with Crippen LogP contribution in [0.15, 0.2) is 24.3 Å². The van der Waals surface area contributed by atoms with E-state index in [0.29, 0.717) is 0 Å². The Balaban J connectivity index is 1.80. The first-order valence-corrected chi connectivity index (χ1v) is 7.16. The summed E-state index contributed by atoms with van der Waals surface area (Å²) < 4.78 is 5.68. The minimum atomic E-state index is -0.950. The molecule has 1 aliphatic carbocycles. The van der Waals surface area contributed by atoms with Crippen LogP contribution >= 0.6 is 0 Å². The van der Waals surface area contributed by atoms with Crippen molar-refractivity contribution in [1.82, 2.24) is 0 Å². The Morgan fingerprint density at radius 3 is 2.40 bits per heavy atom. The molecule has 2 fully saturated rings. The Hall–Kier alpha value is -1.84. The topological polar surface area (TPSA) is 63.6 Å². The van der Waals surface area contributed by atoms with Gasteiger partial charge in [-0.15, -0.1) is 0 Å². The maximum atomic E-state index is 12.1. The number of ether oxygens (including phenoxy) is 1. The van der Waals surface area contributed by atoms with Crippen LogP contribution in [0, 0.1) is 0 Å². The van der Waals surface area contributed by atoms with Gasteiger partial charge in [0.25, 0.3) is 0 Å². The van der Waals surface area contributed by atoms with Gasteiger partial charge >= 0.3 is 11.9 Å². The van der Waals surface area contributed by atoms with Gasteiger partial charge in [0.15, 0.2) is 0 Å². The van der Waals surface area contributed by atoms with Crippen molar-refractivity contribution in [3.8, 4) is 0 Å². The van der Waals surface area contributed by atoms with Crippen molar-refractivity contribution in [3.63, 3.8) is 0 Å². The number of carboxylic acids is 1. The highest BCUT2D eigenvalue weighted by Gasteiger charge is 2.47. The van der Waals surface area contributed by atoms with Crippen LogP contribution in [0.25, 0.3) is 0 Å². The molecule has 3 rings (SSSR count). The van der Waals surface area contributed by atoms with Crippen LogP contribution in [-0.2, 0) is 9.53 Å². The number of carbonyl (C=O) groups is 2. The molecule has 0 radical (unpaired) electrons. The third-order valence-electron chi connectivity index (χ3n) is 4.50. The van der Waals surface area contributed by atoms with Gasteiger partial charge in [-0.05, 0) is 43.4 Å². The minimum absolute atomic E-state index is 0.157. The van der Waals surface area contributed by atoms with Gasteiger partial charge in [0.1, 0.15) is 5.60 Å². The van der Waals surface area contributed by atoms with Crippen LogP contribution in [0.3, 0.4) is 0 Å². The fraction of sp³-hybridized carbons (Fsp3) is 0.500. The average molecular weight is 274 g/mol. The number of carboxylic acid groups (broad SMARTS) is 1. The molecule has 4 nitrogen and oxygen atoms in total. The second-order valence-corrected chi connectivity index (χ2v) is 5.85. The molecule has 0 aromatic heterocycles. The number of benzene rings is 1. The second-order valence-electron chi connectivity index (χ2n) is 5.85. The van der Waals surface area contributed by atoms with Gasteiger partial charge in [0.05, 0.1) is 11.5 Å². The largest absolute Gasteiger partial charge is 0.478 e. The molecule has 1 saturated carbocycles. The van der Waals surface area contributed by atoms with Crippen LogP contribution in [0.4, 0.5) is 0 Å². The quantitative estimate of drug-likeness (QED) is 0.842.